The van der Waals surface area contributed by atoms with Crippen molar-refractivity contribution in [1.82, 2.24) is 0 Å². The van der Waals surface area contributed by atoms with Gasteiger partial charge in [-0.2, -0.15) is 5.26 Å². The second-order valence-electron chi connectivity index (χ2n) is 5.89. The number of nitriles is 1. The van der Waals surface area contributed by atoms with Gasteiger partial charge in [-0.3, -0.25) is 9.59 Å². The molecule has 2 aromatic carbocycles. The zero-order valence-electron chi connectivity index (χ0n) is 13.3. The van der Waals surface area contributed by atoms with Crippen LogP contribution in [0.25, 0.3) is 0 Å². The van der Waals surface area contributed by atoms with E-state index >= 15 is 0 Å². The topological polar surface area (TPSA) is 93.2 Å². The molecule has 4 rings (SSSR count). The fraction of sp³-hybridized carbons (Fsp3) is 0.0500. The standard InChI is InChI=1S/C20H11ClN2O3/c21-14-8-4-3-7-12(14)15-13(9-22)20(23)26-19-16(15)17(24)10-5-1-2-6-11(10)18(19)25/h1-8,15H,23H2/t15-/m0/s1. The van der Waals surface area contributed by atoms with Gasteiger partial charge in [0.15, 0.2) is 11.5 Å². The Labute approximate surface area is 153 Å². The van der Waals surface area contributed by atoms with Gasteiger partial charge in [0, 0.05) is 16.1 Å². The minimum Gasteiger partial charge on any atom is -0.436 e. The normalized spacial score (nSPS) is 18.8. The fourth-order valence-corrected chi connectivity index (χ4v) is 3.57. The third-order valence-electron chi connectivity index (χ3n) is 4.50. The van der Waals surface area contributed by atoms with Crippen LogP contribution in [0.5, 0.6) is 0 Å². The molecule has 26 heavy (non-hydrogen) atoms. The van der Waals surface area contributed by atoms with Crippen LogP contribution in [0.3, 0.4) is 0 Å². The molecule has 126 valence electrons. The molecule has 2 aromatic rings. The average molecular weight is 363 g/mol. The second-order valence-corrected chi connectivity index (χ2v) is 6.30. The second kappa shape index (κ2) is 5.87. The third kappa shape index (κ3) is 2.17. The molecule has 1 aliphatic heterocycles. The van der Waals surface area contributed by atoms with E-state index in [9.17, 15) is 14.9 Å². The summed E-state index contributed by atoms with van der Waals surface area (Å²) in [4.78, 5) is 26.0. The van der Waals surface area contributed by atoms with E-state index in [4.69, 9.17) is 22.1 Å². The van der Waals surface area contributed by atoms with Gasteiger partial charge in [0.05, 0.1) is 11.5 Å². The first-order valence-electron chi connectivity index (χ1n) is 7.79. The van der Waals surface area contributed by atoms with E-state index in [1.54, 1.807) is 48.5 Å². The summed E-state index contributed by atoms with van der Waals surface area (Å²) >= 11 is 6.31. The Morgan fingerprint density at radius 2 is 1.62 bits per heavy atom. The van der Waals surface area contributed by atoms with Crippen molar-refractivity contribution in [3.63, 3.8) is 0 Å². The van der Waals surface area contributed by atoms with Gasteiger partial charge in [0.25, 0.3) is 0 Å². The molecule has 1 heterocycles. The summed E-state index contributed by atoms with van der Waals surface area (Å²) in [6, 6.07) is 15.3. The Hall–Kier alpha value is -3.36. The highest BCUT2D eigenvalue weighted by molar-refractivity contribution is 6.32. The molecule has 0 spiro atoms. The van der Waals surface area contributed by atoms with Gasteiger partial charge in [0.1, 0.15) is 11.6 Å². The molecule has 0 saturated heterocycles. The summed E-state index contributed by atoms with van der Waals surface area (Å²) in [5, 5.41) is 9.96. The van der Waals surface area contributed by atoms with Crippen molar-refractivity contribution in [3.05, 3.63) is 93.0 Å². The fourth-order valence-electron chi connectivity index (χ4n) is 3.33. The van der Waals surface area contributed by atoms with Crippen LogP contribution in [0, 0.1) is 11.3 Å². The number of halogens is 1. The number of Topliss-reactive ketones (excluding diaryl/α,β-unsaturated/α-hetero) is 2. The van der Waals surface area contributed by atoms with E-state index in [0.29, 0.717) is 10.6 Å². The van der Waals surface area contributed by atoms with E-state index in [0.717, 1.165) is 0 Å². The first-order chi connectivity index (χ1) is 12.5. The number of hydrogen-bond donors (Lipinski definition) is 1. The number of allylic oxidation sites excluding steroid dienone is 3. The lowest BCUT2D eigenvalue weighted by Crippen LogP contribution is -2.32. The van der Waals surface area contributed by atoms with Crippen LogP contribution in [0.4, 0.5) is 0 Å². The van der Waals surface area contributed by atoms with Gasteiger partial charge < -0.3 is 10.5 Å². The molecule has 1 atom stereocenters. The van der Waals surface area contributed by atoms with Crippen LogP contribution in [-0.4, -0.2) is 11.6 Å². The molecule has 6 heteroatoms. The van der Waals surface area contributed by atoms with Gasteiger partial charge in [-0.1, -0.05) is 54.1 Å². The predicted molar refractivity (Wildman–Crippen MR) is 94.2 cm³/mol. The Morgan fingerprint density at radius 1 is 1.00 bits per heavy atom. The van der Waals surface area contributed by atoms with Gasteiger partial charge in [-0.05, 0) is 11.6 Å². The van der Waals surface area contributed by atoms with Gasteiger partial charge in [0.2, 0.25) is 11.7 Å². The van der Waals surface area contributed by atoms with Crippen molar-refractivity contribution in [2.45, 2.75) is 5.92 Å². The van der Waals surface area contributed by atoms with Crippen LogP contribution in [0.1, 0.15) is 32.2 Å². The van der Waals surface area contributed by atoms with Gasteiger partial charge in [-0.15, -0.1) is 0 Å². The summed E-state index contributed by atoms with van der Waals surface area (Å²) in [6.07, 6.45) is 0. The molecule has 0 aromatic heterocycles. The van der Waals surface area contributed by atoms with E-state index in [1.165, 1.54) is 0 Å². The maximum Gasteiger partial charge on any atom is 0.229 e. The molecule has 0 fully saturated rings. The molecule has 1 aliphatic carbocycles. The summed E-state index contributed by atoms with van der Waals surface area (Å²) in [6.45, 7) is 0. The first-order valence-corrected chi connectivity index (χ1v) is 8.17. The Balaban J connectivity index is 2.01. The smallest absolute Gasteiger partial charge is 0.229 e. The highest BCUT2D eigenvalue weighted by Crippen LogP contribution is 2.45. The zero-order valence-corrected chi connectivity index (χ0v) is 14.1. The SMILES string of the molecule is N#CC1=C(N)OC2=C(C(=O)c3ccccc3C2=O)[C@H]1c1ccccc1Cl. The summed E-state index contributed by atoms with van der Waals surface area (Å²) in [7, 11) is 0. The minimum absolute atomic E-state index is 0.0531. The van der Waals surface area contributed by atoms with Crippen LogP contribution >= 0.6 is 11.6 Å². The third-order valence-corrected chi connectivity index (χ3v) is 4.85. The maximum absolute atomic E-state index is 13.2. The molecule has 0 saturated carbocycles. The number of ketones is 2. The van der Waals surface area contributed by atoms with Crippen LogP contribution < -0.4 is 5.73 Å². The number of benzene rings is 2. The Kier molecular flexibility index (Phi) is 3.64. The first kappa shape index (κ1) is 16.1. The van der Waals surface area contributed by atoms with Crippen LogP contribution in [-0.2, 0) is 4.74 Å². The van der Waals surface area contributed by atoms with Crippen molar-refractivity contribution in [3.8, 4) is 6.07 Å². The molecular formula is C20H11ClN2O3. The average Bonchev–Trinajstić information content (AvgIpc) is 2.65. The highest BCUT2D eigenvalue weighted by atomic mass is 35.5. The van der Waals surface area contributed by atoms with E-state index in [2.05, 4.69) is 0 Å². The van der Waals surface area contributed by atoms with Crippen LogP contribution in [0.15, 0.2) is 71.3 Å². The largest absolute Gasteiger partial charge is 0.436 e. The van der Waals surface area contributed by atoms with Crippen molar-refractivity contribution in [1.29, 1.82) is 5.26 Å². The number of hydrogen-bond acceptors (Lipinski definition) is 5. The van der Waals surface area contributed by atoms with Crippen molar-refractivity contribution < 1.29 is 14.3 Å². The lowest BCUT2D eigenvalue weighted by atomic mass is 9.75. The molecule has 5 nitrogen and oxygen atoms in total. The predicted octanol–water partition coefficient (Wildman–Crippen LogP) is 3.48. The number of carbonyl (C=O) groups is 2. The number of rotatable bonds is 1. The lowest BCUT2D eigenvalue weighted by Gasteiger charge is -2.31. The van der Waals surface area contributed by atoms with E-state index < -0.39 is 11.7 Å². The van der Waals surface area contributed by atoms with Gasteiger partial charge >= 0.3 is 0 Å². The number of nitrogens with zero attached hydrogens (tertiary/aromatic N) is 1. The highest BCUT2D eigenvalue weighted by Gasteiger charge is 2.44. The van der Waals surface area contributed by atoms with Crippen molar-refractivity contribution in [2.75, 3.05) is 0 Å². The molecule has 2 aliphatic rings. The maximum atomic E-state index is 13.2. The van der Waals surface area contributed by atoms with Crippen LogP contribution in [0.2, 0.25) is 5.02 Å². The van der Waals surface area contributed by atoms with Gasteiger partial charge in [-0.25, -0.2) is 0 Å². The monoisotopic (exact) mass is 362 g/mol. The number of nitrogens with two attached hydrogens (primary N) is 1. The molecule has 0 bridgehead atoms. The number of ether oxygens (including phenoxy) is 1. The molecule has 2 N–H and O–H groups in total. The lowest BCUT2D eigenvalue weighted by molar-refractivity contribution is 0.0897. The molecule has 0 unspecified atom stereocenters. The Bertz CT molecular complexity index is 1090. The summed E-state index contributed by atoms with van der Waals surface area (Å²) in [5.41, 5.74) is 7.08. The molecule has 0 amide bonds. The summed E-state index contributed by atoms with van der Waals surface area (Å²) in [5.74, 6) is -2.01. The quantitative estimate of drug-likeness (QED) is 0.838. The minimum atomic E-state index is -0.859. The van der Waals surface area contributed by atoms with Crippen molar-refractivity contribution >= 4 is 23.2 Å². The zero-order chi connectivity index (χ0) is 18.4. The van der Waals surface area contributed by atoms with E-state index in [-0.39, 0.29) is 39.7 Å². The number of carbonyl (C=O) groups excluding carboxylic acids is 2. The Morgan fingerprint density at radius 3 is 2.27 bits per heavy atom. The number of fused-ring (bicyclic) bond motifs is 1. The molecule has 0 radical (unpaired) electrons. The van der Waals surface area contributed by atoms with E-state index in [1.807, 2.05) is 6.07 Å². The summed E-state index contributed by atoms with van der Waals surface area (Å²) < 4.78 is 5.43. The molecular weight excluding hydrogens is 352 g/mol. The van der Waals surface area contributed by atoms with Crippen molar-refractivity contribution in [2.24, 2.45) is 5.73 Å².